The van der Waals surface area contributed by atoms with Gasteiger partial charge in [0.25, 0.3) is 5.91 Å². The molecule has 1 amide bonds. The Hall–Kier alpha value is -1.69. The topological polar surface area (TPSA) is 79.5 Å². The fraction of sp³-hybridized carbons (Fsp3) is 0.400. The zero-order chi connectivity index (χ0) is 11.8. The third-order valence-electron chi connectivity index (χ3n) is 2.74. The summed E-state index contributed by atoms with van der Waals surface area (Å²) in [6.45, 7) is 0.337. The zero-order valence-electron chi connectivity index (χ0n) is 8.56. The van der Waals surface area contributed by atoms with E-state index in [9.17, 15) is 14.3 Å². The Morgan fingerprint density at radius 1 is 1.69 bits per heavy atom. The summed E-state index contributed by atoms with van der Waals surface area (Å²) in [5.74, 6) is -1.12. The van der Waals surface area contributed by atoms with Crippen molar-refractivity contribution in [3.05, 3.63) is 24.1 Å². The summed E-state index contributed by atoms with van der Waals surface area (Å²) >= 11 is 0. The number of carbonyl (C=O) groups is 1. The lowest BCUT2D eigenvalue weighted by Gasteiger charge is -2.20. The van der Waals surface area contributed by atoms with E-state index in [0.29, 0.717) is 6.54 Å². The highest BCUT2D eigenvalue weighted by molar-refractivity contribution is 5.84. The van der Waals surface area contributed by atoms with Crippen molar-refractivity contribution in [1.82, 2.24) is 4.98 Å². The number of hydrogen-bond acceptors (Lipinski definition) is 4. The molecule has 1 aliphatic rings. The SMILES string of the molecule is NC(=O)C1(O)CCN(c2ncccc2F)C1. The molecule has 2 heterocycles. The molecular weight excluding hydrogens is 213 g/mol. The molecular formula is C10H12FN3O2. The van der Waals surface area contributed by atoms with Crippen molar-refractivity contribution in [1.29, 1.82) is 0 Å². The van der Waals surface area contributed by atoms with Crippen molar-refractivity contribution < 1.29 is 14.3 Å². The van der Waals surface area contributed by atoms with Gasteiger partial charge < -0.3 is 15.7 Å². The van der Waals surface area contributed by atoms with Crippen molar-refractivity contribution in [2.45, 2.75) is 12.0 Å². The van der Waals surface area contributed by atoms with E-state index in [1.165, 1.54) is 23.2 Å². The van der Waals surface area contributed by atoms with Gasteiger partial charge in [0.15, 0.2) is 17.2 Å². The van der Waals surface area contributed by atoms with Crippen LogP contribution in [0.4, 0.5) is 10.2 Å². The highest BCUT2D eigenvalue weighted by Crippen LogP contribution is 2.26. The van der Waals surface area contributed by atoms with Gasteiger partial charge in [-0.15, -0.1) is 0 Å². The maximum atomic E-state index is 13.4. The Morgan fingerprint density at radius 3 is 3.00 bits per heavy atom. The summed E-state index contributed by atoms with van der Waals surface area (Å²) in [4.78, 5) is 16.4. The molecule has 1 unspecified atom stereocenters. The second-order valence-electron chi connectivity index (χ2n) is 3.88. The number of pyridine rings is 1. The number of primary amides is 1. The van der Waals surface area contributed by atoms with Crippen molar-refractivity contribution >= 4 is 11.7 Å². The number of amides is 1. The standard InChI is InChI=1S/C10H12FN3O2/c11-7-2-1-4-13-8(7)14-5-3-10(16,6-14)9(12)15/h1-2,4,16H,3,5-6H2,(H2,12,15). The number of β-amino-alcohol motifs (C(OH)–C–C–N with tert-alkyl or cyclic N) is 1. The molecule has 16 heavy (non-hydrogen) atoms. The number of anilines is 1. The largest absolute Gasteiger partial charge is 0.378 e. The first kappa shape index (κ1) is 10.8. The van der Waals surface area contributed by atoms with Crippen LogP contribution in [0.3, 0.4) is 0 Å². The lowest BCUT2D eigenvalue weighted by atomic mass is 10.0. The quantitative estimate of drug-likeness (QED) is 0.720. The summed E-state index contributed by atoms with van der Waals surface area (Å²) in [5.41, 5.74) is 3.50. The number of carbonyl (C=O) groups excluding carboxylic acids is 1. The first-order chi connectivity index (χ1) is 7.53. The van der Waals surface area contributed by atoms with Gasteiger partial charge in [0.2, 0.25) is 0 Å². The molecule has 3 N–H and O–H groups in total. The Bertz CT molecular complexity index is 426. The average molecular weight is 225 g/mol. The van der Waals surface area contributed by atoms with Crippen LogP contribution in [0.2, 0.25) is 0 Å². The predicted octanol–water partition coefficient (Wildman–Crippen LogP) is -0.353. The molecule has 6 heteroatoms. The van der Waals surface area contributed by atoms with E-state index >= 15 is 0 Å². The maximum Gasteiger partial charge on any atom is 0.251 e. The Balaban J connectivity index is 2.22. The van der Waals surface area contributed by atoms with Crippen molar-refractivity contribution in [2.24, 2.45) is 5.73 Å². The zero-order valence-corrected chi connectivity index (χ0v) is 8.56. The van der Waals surface area contributed by atoms with Crippen LogP contribution in [0.1, 0.15) is 6.42 Å². The molecule has 1 fully saturated rings. The number of aromatic nitrogens is 1. The van der Waals surface area contributed by atoms with Gasteiger partial charge in [-0.25, -0.2) is 9.37 Å². The van der Waals surface area contributed by atoms with Crippen molar-refractivity contribution in [2.75, 3.05) is 18.0 Å². The smallest absolute Gasteiger partial charge is 0.251 e. The van der Waals surface area contributed by atoms with E-state index in [1.54, 1.807) is 0 Å². The molecule has 0 spiro atoms. The summed E-state index contributed by atoms with van der Waals surface area (Å²) in [6.07, 6.45) is 1.65. The van der Waals surface area contributed by atoms with Crippen LogP contribution in [0.15, 0.2) is 18.3 Å². The van der Waals surface area contributed by atoms with E-state index in [2.05, 4.69) is 4.98 Å². The molecule has 0 bridgehead atoms. The molecule has 1 saturated heterocycles. The van der Waals surface area contributed by atoms with Gasteiger partial charge in [0, 0.05) is 19.2 Å². The second-order valence-corrected chi connectivity index (χ2v) is 3.88. The Morgan fingerprint density at radius 2 is 2.44 bits per heavy atom. The van der Waals surface area contributed by atoms with Gasteiger partial charge in [-0.2, -0.15) is 0 Å². The van der Waals surface area contributed by atoms with Gasteiger partial charge in [-0.05, 0) is 12.1 Å². The van der Waals surface area contributed by atoms with Crippen LogP contribution in [-0.4, -0.2) is 34.7 Å². The molecule has 0 aromatic carbocycles. The summed E-state index contributed by atoms with van der Waals surface area (Å²) in [5, 5.41) is 9.82. The highest BCUT2D eigenvalue weighted by atomic mass is 19.1. The molecule has 1 atom stereocenters. The second kappa shape index (κ2) is 3.71. The number of nitrogens with zero attached hydrogens (tertiary/aromatic N) is 2. The average Bonchev–Trinajstić information content (AvgIpc) is 2.63. The minimum absolute atomic E-state index is 0.0176. The Labute approximate surface area is 91.7 Å². The van der Waals surface area contributed by atoms with Crippen LogP contribution in [0, 0.1) is 5.82 Å². The lowest BCUT2D eigenvalue weighted by molar-refractivity contribution is -0.134. The molecule has 1 aromatic heterocycles. The normalized spacial score (nSPS) is 24.8. The monoisotopic (exact) mass is 225 g/mol. The number of nitrogens with two attached hydrogens (primary N) is 1. The number of halogens is 1. The molecule has 1 aliphatic heterocycles. The number of rotatable bonds is 2. The molecule has 0 radical (unpaired) electrons. The first-order valence-electron chi connectivity index (χ1n) is 4.91. The van der Waals surface area contributed by atoms with Gasteiger partial charge >= 0.3 is 0 Å². The van der Waals surface area contributed by atoms with Crippen LogP contribution < -0.4 is 10.6 Å². The highest BCUT2D eigenvalue weighted by Gasteiger charge is 2.42. The third kappa shape index (κ3) is 1.71. The van der Waals surface area contributed by atoms with E-state index in [-0.39, 0.29) is 18.8 Å². The van der Waals surface area contributed by atoms with E-state index < -0.39 is 17.3 Å². The predicted molar refractivity (Wildman–Crippen MR) is 55.2 cm³/mol. The fourth-order valence-electron chi connectivity index (χ4n) is 1.79. The fourth-order valence-corrected chi connectivity index (χ4v) is 1.79. The van der Waals surface area contributed by atoms with Crippen molar-refractivity contribution in [3.63, 3.8) is 0 Å². The summed E-state index contributed by atoms with van der Waals surface area (Å²) in [6, 6.07) is 2.76. The van der Waals surface area contributed by atoms with E-state index in [1.807, 2.05) is 0 Å². The molecule has 2 rings (SSSR count). The molecule has 0 aliphatic carbocycles. The van der Waals surface area contributed by atoms with Crippen LogP contribution in [0.5, 0.6) is 0 Å². The Kier molecular flexibility index (Phi) is 2.51. The lowest BCUT2D eigenvalue weighted by Crippen LogP contribution is -2.46. The van der Waals surface area contributed by atoms with Gasteiger partial charge in [-0.3, -0.25) is 4.79 Å². The third-order valence-corrected chi connectivity index (χ3v) is 2.74. The summed E-state index contributed by atoms with van der Waals surface area (Å²) in [7, 11) is 0. The van der Waals surface area contributed by atoms with Gasteiger partial charge in [-0.1, -0.05) is 0 Å². The van der Waals surface area contributed by atoms with Gasteiger partial charge in [0.05, 0.1) is 6.54 Å². The van der Waals surface area contributed by atoms with Crippen LogP contribution in [-0.2, 0) is 4.79 Å². The van der Waals surface area contributed by atoms with Crippen molar-refractivity contribution in [3.8, 4) is 0 Å². The minimum Gasteiger partial charge on any atom is -0.378 e. The van der Waals surface area contributed by atoms with E-state index in [4.69, 9.17) is 5.73 Å². The van der Waals surface area contributed by atoms with Gasteiger partial charge in [0.1, 0.15) is 0 Å². The first-order valence-corrected chi connectivity index (χ1v) is 4.91. The number of hydrogen-bond donors (Lipinski definition) is 2. The maximum absolute atomic E-state index is 13.4. The minimum atomic E-state index is -1.58. The molecule has 0 saturated carbocycles. The number of aliphatic hydroxyl groups is 1. The molecule has 1 aromatic rings. The summed E-state index contributed by atoms with van der Waals surface area (Å²) < 4.78 is 13.4. The molecule has 5 nitrogen and oxygen atoms in total. The van der Waals surface area contributed by atoms with Crippen LogP contribution >= 0.6 is 0 Å². The van der Waals surface area contributed by atoms with Crippen LogP contribution in [0.25, 0.3) is 0 Å². The van der Waals surface area contributed by atoms with E-state index in [0.717, 1.165) is 0 Å². The molecule has 86 valence electrons.